The minimum Gasteiger partial charge on any atom is -0.467 e. The van der Waals surface area contributed by atoms with Gasteiger partial charge < -0.3 is 14.1 Å². The summed E-state index contributed by atoms with van der Waals surface area (Å²) in [7, 11) is 0. The lowest BCUT2D eigenvalue weighted by Crippen LogP contribution is -2.37. The van der Waals surface area contributed by atoms with Crippen molar-refractivity contribution in [2.24, 2.45) is 0 Å². The Morgan fingerprint density at radius 3 is 2.48 bits per heavy atom. The zero-order valence-corrected chi connectivity index (χ0v) is 17.1. The highest BCUT2D eigenvalue weighted by molar-refractivity contribution is 6.03. The highest BCUT2D eigenvalue weighted by atomic mass is 16.5. The number of rotatable bonds is 8. The number of nitrogens with one attached hydrogen (secondary N) is 2. The number of aryl methyl sites for hydroxylation is 1. The van der Waals surface area contributed by atoms with Crippen LogP contribution in [0.4, 0.5) is 0 Å². The van der Waals surface area contributed by atoms with Crippen molar-refractivity contribution in [2.75, 3.05) is 6.61 Å². The topological polar surface area (TPSA) is 84.3 Å². The Morgan fingerprint density at radius 2 is 1.86 bits per heavy atom. The summed E-state index contributed by atoms with van der Waals surface area (Å²) in [5, 5.41) is 3.36. The molecule has 2 N–H and O–H groups in total. The molecular formula is C23H26N2O4. The molecular weight excluding hydrogens is 368 g/mol. The summed E-state index contributed by atoms with van der Waals surface area (Å²) in [4.78, 5) is 28.5. The Labute approximate surface area is 170 Å². The van der Waals surface area contributed by atoms with E-state index in [4.69, 9.17) is 9.15 Å². The van der Waals surface area contributed by atoms with Gasteiger partial charge in [0, 0.05) is 5.69 Å². The first-order chi connectivity index (χ1) is 13.9. The SMILES string of the molecule is CCOC(=O)c1c(C)[nH]c(C(=O)[C@@H](C)N[C@@H](c2ccccc2)c2ccco2)c1C. The van der Waals surface area contributed by atoms with E-state index in [1.807, 2.05) is 42.5 Å². The van der Waals surface area contributed by atoms with Crippen molar-refractivity contribution in [1.82, 2.24) is 10.3 Å². The maximum atomic E-state index is 13.2. The lowest BCUT2D eigenvalue weighted by Gasteiger charge is -2.21. The highest BCUT2D eigenvalue weighted by Crippen LogP contribution is 2.25. The van der Waals surface area contributed by atoms with Crippen LogP contribution in [0.3, 0.4) is 0 Å². The predicted octanol–water partition coefficient (Wildman–Crippen LogP) is 4.35. The van der Waals surface area contributed by atoms with Crippen molar-refractivity contribution < 1.29 is 18.7 Å². The number of aromatic amines is 1. The van der Waals surface area contributed by atoms with Crippen molar-refractivity contribution >= 4 is 11.8 Å². The summed E-state index contributed by atoms with van der Waals surface area (Å²) in [5.41, 5.74) is 3.06. The molecule has 152 valence electrons. The van der Waals surface area contributed by atoms with Crippen LogP contribution in [0.1, 0.15) is 63.3 Å². The van der Waals surface area contributed by atoms with Gasteiger partial charge in [-0.05, 0) is 51.0 Å². The molecule has 0 amide bonds. The second-order valence-corrected chi connectivity index (χ2v) is 6.96. The summed E-state index contributed by atoms with van der Waals surface area (Å²) in [6.45, 7) is 7.37. The number of carbonyl (C=O) groups excluding carboxylic acids is 2. The van der Waals surface area contributed by atoms with Crippen LogP contribution >= 0.6 is 0 Å². The molecule has 0 saturated carbocycles. The number of ether oxygens (including phenoxy) is 1. The van der Waals surface area contributed by atoms with Gasteiger partial charge in [0.2, 0.25) is 0 Å². The molecule has 3 aromatic rings. The summed E-state index contributed by atoms with van der Waals surface area (Å²) in [6, 6.07) is 12.7. The van der Waals surface area contributed by atoms with Gasteiger partial charge in [0.1, 0.15) is 5.76 Å². The monoisotopic (exact) mass is 394 g/mol. The third-order valence-electron chi connectivity index (χ3n) is 4.93. The van der Waals surface area contributed by atoms with Crippen molar-refractivity contribution in [3.63, 3.8) is 0 Å². The molecule has 2 aromatic heterocycles. The van der Waals surface area contributed by atoms with Crippen LogP contribution < -0.4 is 5.32 Å². The van der Waals surface area contributed by atoms with E-state index in [2.05, 4.69) is 10.3 Å². The number of furan rings is 1. The van der Waals surface area contributed by atoms with Crippen LogP contribution in [0.15, 0.2) is 53.1 Å². The molecule has 0 bridgehead atoms. The first kappa shape index (κ1) is 20.6. The molecule has 6 heteroatoms. The van der Waals surface area contributed by atoms with Gasteiger partial charge in [-0.2, -0.15) is 0 Å². The van der Waals surface area contributed by atoms with Crippen LogP contribution in [0.2, 0.25) is 0 Å². The van der Waals surface area contributed by atoms with Crippen molar-refractivity contribution in [3.05, 3.63) is 82.6 Å². The van der Waals surface area contributed by atoms with E-state index in [9.17, 15) is 9.59 Å². The van der Waals surface area contributed by atoms with Crippen molar-refractivity contribution in [2.45, 2.75) is 39.8 Å². The first-order valence-electron chi connectivity index (χ1n) is 9.68. The molecule has 29 heavy (non-hydrogen) atoms. The van der Waals surface area contributed by atoms with E-state index in [1.54, 1.807) is 34.0 Å². The van der Waals surface area contributed by atoms with Gasteiger partial charge in [0.25, 0.3) is 0 Å². The summed E-state index contributed by atoms with van der Waals surface area (Å²) < 4.78 is 10.7. The van der Waals surface area contributed by atoms with E-state index in [0.29, 0.717) is 22.5 Å². The van der Waals surface area contributed by atoms with E-state index in [0.717, 1.165) is 11.3 Å². The maximum absolute atomic E-state index is 13.2. The van der Waals surface area contributed by atoms with Gasteiger partial charge in [0.15, 0.2) is 5.78 Å². The smallest absolute Gasteiger partial charge is 0.340 e. The molecule has 2 atom stereocenters. The van der Waals surface area contributed by atoms with Crippen LogP contribution in [-0.2, 0) is 4.74 Å². The molecule has 0 spiro atoms. The third-order valence-corrected chi connectivity index (χ3v) is 4.93. The second kappa shape index (κ2) is 8.92. The summed E-state index contributed by atoms with van der Waals surface area (Å²) in [5.74, 6) is 0.173. The normalized spacial score (nSPS) is 13.1. The van der Waals surface area contributed by atoms with E-state index in [1.165, 1.54) is 0 Å². The van der Waals surface area contributed by atoms with Gasteiger partial charge in [-0.25, -0.2) is 4.79 Å². The number of H-pyrrole nitrogens is 1. The molecule has 0 radical (unpaired) electrons. The maximum Gasteiger partial charge on any atom is 0.340 e. The quantitative estimate of drug-likeness (QED) is 0.438. The van der Waals surface area contributed by atoms with Crippen molar-refractivity contribution in [3.8, 4) is 0 Å². The first-order valence-corrected chi connectivity index (χ1v) is 9.68. The standard InChI is InChI=1S/C23H26N2O4/c1-5-28-23(27)19-14(2)20(24-15(19)3)22(26)16(4)25-21(18-12-9-13-29-18)17-10-7-6-8-11-17/h6-13,16,21,24-25H,5H2,1-4H3/t16-,21+/m1/s1. The van der Waals surface area contributed by atoms with Gasteiger partial charge in [-0.15, -0.1) is 0 Å². The number of Topliss-reactive ketones (excluding diaryl/α,β-unsaturated/α-hetero) is 1. The molecule has 0 unspecified atom stereocenters. The fraction of sp³-hybridized carbons (Fsp3) is 0.304. The van der Waals surface area contributed by atoms with Gasteiger partial charge in [-0.1, -0.05) is 30.3 Å². The Hall–Kier alpha value is -3.12. The molecule has 0 aliphatic heterocycles. The van der Waals surface area contributed by atoms with Crippen LogP contribution in [0.25, 0.3) is 0 Å². The molecule has 3 rings (SSSR count). The number of esters is 1. The summed E-state index contributed by atoms with van der Waals surface area (Å²) >= 11 is 0. The average molecular weight is 394 g/mol. The molecule has 0 saturated heterocycles. The minimum atomic E-state index is -0.517. The zero-order chi connectivity index (χ0) is 21.0. The largest absolute Gasteiger partial charge is 0.467 e. The zero-order valence-electron chi connectivity index (χ0n) is 17.1. The molecule has 0 fully saturated rings. The lowest BCUT2D eigenvalue weighted by molar-refractivity contribution is 0.0525. The number of ketones is 1. The summed E-state index contributed by atoms with van der Waals surface area (Å²) in [6.07, 6.45) is 1.61. The Morgan fingerprint density at radius 1 is 1.14 bits per heavy atom. The molecule has 0 aliphatic rings. The van der Waals surface area contributed by atoms with E-state index in [-0.39, 0.29) is 18.4 Å². The lowest BCUT2D eigenvalue weighted by atomic mass is 10.0. The number of aromatic nitrogens is 1. The third kappa shape index (κ3) is 4.32. The minimum absolute atomic E-state index is 0.131. The van der Waals surface area contributed by atoms with Crippen LogP contribution in [0.5, 0.6) is 0 Å². The predicted molar refractivity (Wildman–Crippen MR) is 110 cm³/mol. The number of hydrogen-bond acceptors (Lipinski definition) is 5. The molecule has 1 aromatic carbocycles. The highest BCUT2D eigenvalue weighted by Gasteiger charge is 2.28. The Bertz CT molecular complexity index is 974. The number of benzene rings is 1. The number of hydrogen-bond donors (Lipinski definition) is 2. The molecule has 6 nitrogen and oxygen atoms in total. The van der Waals surface area contributed by atoms with E-state index >= 15 is 0 Å². The van der Waals surface area contributed by atoms with Gasteiger partial charge >= 0.3 is 5.97 Å². The average Bonchev–Trinajstić information content (AvgIpc) is 3.34. The Balaban J connectivity index is 1.86. The van der Waals surface area contributed by atoms with E-state index < -0.39 is 12.0 Å². The molecule has 2 heterocycles. The Kier molecular flexibility index (Phi) is 6.34. The van der Waals surface area contributed by atoms with Gasteiger partial charge in [0.05, 0.1) is 36.2 Å². The van der Waals surface area contributed by atoms with Crippen molar-refractivity contribution in [1.29, 1.82) is 0 Å². The fourth-order valence-corrected chi connectivity index (χ4v) is 3.49. The fourth-order valence-electron chi connectivity index (χ4n) is 3.49. The van der Waals surface area contributed by atoms with Gasteiger partial charge in [-0.3, -0.25) is 10.1 Å². The van der Waals surface area contributed by atoms with Crippen LogP contribution in [0, 0.1) is 13.8 Å². The second-order valence-electron chi connectivity index (χ2n) is 6.96. The van der Waals surface area contributed by atoms with Crippen LogP contribution in [-0.4, -0.2) is 29.4 Å². The molecule has 0 aliphatic carbocycles. The number of carbonyl (C=O) groups is 2.